The lowest BCUT2D eigenvalue weighted by Gasteiger charge is -2.44. The molecule has 0 saturated carbocycles. The summed E-state index contributed by atoms with van der Waals surface area (Å²) in [6.07, 6.45) is -0.0688. The van der Waals surface area contributed by atoms with E-state index in [-0.39, 0.29) is 50.3 Å². The molecule has 0 aliphatic carbocycles. The number of fused-ring (bicyclic) bond motifs is 1. The highest BCUT2D eigenvalue weighted by atomic mass is 16.5. The van der Waals surface area contributed by atoms with E-state index in [0.717, 1.165) is 11.3 Å². The van der Waals surface area contributed by atoms with Gasteiger partial charge in [-0.25, -0.2) is 4.79 Å². The van der Waals surface area contributed by atoms with Gasteiger partial charge in [0.1, 0.15) is 17.6 Å². The van der Waals surface area contributed by atoms with Crippen molar-refractivity contribution in [2.45, 2.75) is 50.2 Å². The third-order valence-electron chi connectivity index (χ3n) is 6.66. The van der Waals surface area contributed by atoms with Crippen LogP contribution in [0, 0.1) is 0 Å². The SMILES string of the molecule is COc1ccc(NC(=O)N2C[C@H](O)COC[C@@H]3O[C@H](CC(=O)NCc4ccccc4OC)CC[C@H]32)cc1. The average molecular weight is 514 g/mol. The van der Waals surface area contributed by atoms with Crippen LogP contribution in [-0.2, 0) is 20.8 Å². The van der Waals surface area contributed by atoms with Crippen LogP contribution >= 0.6 is 0 Å². The smallest absolute Gasteiger partial charge is 0.322 e. The number of aliphatic hydroxyl groups excluding tert-OH is 1. The number of carbonyl (C=O) groups is 2. The first-order valence-corrected chi connectivity index (χ1v) is 12.5. The van der Waals surface area contributed by atoms with Gasteiger partial charge in [-0.1, -0.05) is 18.2 Å². The standard InChI is InChI=1S/C27H35N3O7/c1-34-21-9-7-19(8-10-21)29-27(33)30-15-20(31)16-36-17-25-23(30)12-11-22(37-25)13-26(32)28-14-18-5-3-4-6-24(18)35-2/h3-10,20,22-23,25,31H,11-17H2,1-2H3,(H,28,32)(H,29,33)/t20-,22-,23+,25-/m0/s1. The minimum Gasteiger partial charge on any atom is -0.497 e. The Balaban J connectivity index is 1.35. The molecule has 3 N–H and O–H groups in total. The summed E-state index contributed by atoms with van der Waals surface area (Å²) in [6.45, 7) is 0.814. The summed E-state index contributed by atoms with van der Waals surface area (Å²) in [7, 11) is 3.18. The predicted molar refractivity (Wildman–Crippen MR) is 137 cm³/mol. The monoisotopic (exact) mass is 513 g/mol. The Labute approximate surface area is 216 Å². The van der Waals surface area contributed by atoms with Crippen molar-refractivity contribution in [2.24, 2.45) is 0 Å². The maximum absolute atomic E-state index is 13.2. The molecule has 2 aliphatic rings. The molecule has 2 aromatic carbocycles. The number of hydrogen-bond acceptors (Lipinski definition) is 7. The minimum atomic E-state index is -0.805. The Bertz CT molecular complexity index is 1050. The molecule has 4 atom stereocenters. The van der Waals surface area contributed by atoms with Crippen LogP contribution in [-0.4, -0.2) is 80.3 Å². The third-order valence-corrected chi connectivity index (χ3v) is 6.66. The molecule has 2 aromatic rings. The molecule has 10 heteroatoms. The number of methoxy groups -OCH3 is 2. The Morgan fingerprint density at radius 3 is 2.59 bits per heavy atom. The summed E-state index contributed by atoms with van der Waals surface area (Å²) in [4.78, 5) is 27.5. The topological polar surface area (TPSA) is 119 Å². The van der Waals surface area contributed by atoms with Gasteiger partial charge in [0.05, 0.1) is 58.6 Å². The maximum Gasteiger partial charge on any atom is 0.322 e. The van der Waals surface area contributed by atoms with Gasteiger partial charge in [-0.15, -0.1) is 0 Å². The van der Waals surface area contributed by atoms with Crippen molar-refractivity contribution in [3.63, 3.8) is 0 Å². The third kappa shape index (κ3) is 7.12. The zero-order valence-corrected chi connectivity index (χ0v) is 21.2. The number of β-amino-alcohol motifs (C(OH)–C–C–N with tert-alkyl or cyclic N) is 1. The predicted octanol–water partition coefficient (Wildman–Crippen LogP) is 2.55. The lowest BCUT2D eigenvalue weighted by molar-refractivity contribution is -0.149. The normalized spacial score (nSPS) is 23.7. The first kappa shape index (κ1) is 26.7. The van der Waals surface area contributed by atoms with Gasteiger partial charge in [-0.3, -0.25) is 4.79 Å². The molecular weight excluding hydrogens is 478 g/mol. The van der Waals surface area contributed by atoms with E-state index in [1.165, 1.54) is 0 Å². The van der Waals surface area contributed by atoms with E-state index in [4.69, 9.17) is 18.9 Å². The Hall–Kier alpha value is -3.34. The maximum atomic E-state index is 13.2. The molecule has 0 radical (unpaired) electrons. The van der Waals surface area contributed by atoms with Gasteiger partial charge in [-0.2, -0.15) is 0 Å². The molecule has 2 aliphatic heterocycles. The van der Waals surface area contributed by atoms with E-state index in [1.54, 1.807) is 43.4 Å². The van der Waals surface area contributed by atoms with Crippen LogP contribution in [0.25, 0.3) is 0 Å². The molecular formula is C27H35N3O7. The van der Waals surface area contributed by atoms with Crippen LogP contribution in [0.1, 0.15) is 24.8 Å². The van der Waals surface area contributed by atoms with E-state index >= 15 is 0 Å². The summed E-state index contributed by atoms with van der Waals surface area (Å²) in [5.74, 6) is 1.29. The molecule has 4 rings (SSSR count). The number of carbonyl (C=O) groups excluding carboxylic acids is 2. The molecule has 0 bridgehead atoms. The Morgan fingerprint density at radius 1 is 1.05 bits per heavy atom. The highest BCUT2D eigenvalue weighted by molar-refractivity contribution is 5.89. The van der Waals surface area contributed by atoms with Gasteiger partial charge >= 0.3 is 6.03 Å². The molecule has 10 nitrogen and oxygen atoms in total. The molecule has 2 fully saturated rings. The number of amides is 3. The number of rotatable bonds is 7. The first-order valence-electron chi connectivity index (χ1n) is 12.5. The zero-order chi connectivity index (χ0) is 26.2. The number of urea groups is 1. The molecule has 200 valence electrons. The van der Waals surface area contributed by atoms with Crippen molar-refractivity contribution < 1.29 is 33.6 Å². The Morgan fingerprint density at radius 2 is 1.84 bits per heavy atom. The summed E-state index contributed by atoms with van der Waals surface area (Å²) >= 11 is 0. The lowest BCUT2D eigenvalue weighted by atomic mass is 9.95. The van der Waals surface area contributed by atoms with Gasteiger partial charge in [0.2, 0.25) is 5.91 Å². The lowest BCUT2D eigenvalue weighted by Crippen LogP contribution is -2.58. The molecule has 2 heterocycles. The van der Waals surface area contributed by atoms with Gasteiger partial charge in [0, 0.05) is 17.8 Å². The van der Waals surface area contributed by atoms with Crippen molar-refractivity contribution in [3.8, 4) is 11.5 Å². The first-order chi connectivity index (χ1) is 18.0. The number of anilines is 1. The number of aliphatic hydroxyl groups is 1. The summed E-state index contributed by atoms with van der Waals surface area (Å²) < 4.78 is 22.4. The number of para-hydroxylation sites is 1. The second kappa shape index (κ2) is 12.8. The average Bonchev–Trinajstić information content (AvgIpc) is 2.90. The van der Waals surface area contributed by atoms with Gasteiger partial charge in [-0.05, 0) is 43.2 Å². The summed E-state index contributed by atoms with van der Waals surface area (Å²) in [6, 6.07) is 14.0. The zero-order valence-electron chi connectivity index (χ0n) is 21.2. The summed E-state index contributed by atoms with van der Waals surface area (Å²) in [5.41, 5.74) is 1.52. The highest BCUT2D eigenvalue weighted by Gasteiger charge is 2.40. The van der Waals surface area contributed by atoms with E-state index in [2.05, 4.69) is 10.6 Å². The van der Waals surface area contributed by atoms with Crippen molar-refractivity contribution >= 4 is 17.6 Å². The molecule has 0 spiro atoms. The number of hydrogen-bond donors (Lipinski definition) is 3. The minimum absolute atomic E-state index is 0.100. The van der Waals surface area contributed by atoms with Gasteiger partial charge < -0.3 is 39.6 Å². The number of ether oxygens (including phenoxy) is 4. The number of benzene rings is 2. The van der Waals surface area contributed by atoms with Crippen LogP contribution in [0.3, 0.4) is 0 Å². The van der Waals surface area contributed by atoms with Crippen molar-refractivity contribution in [3.05, 3.63) is 54.1 Å². The largest absolute Gasteiger partial charge is 0.497 e. The van der Waals surface area contributed by atoms with Crippen LogP contribution < -0.4 is 20.1 Å². The van der Waals surface area contributed by atoms with E-state index < -0.39 is 12.2 Å². The number of nitrogens with zero attached hydrogens (tertiary/aromatic N) is 1. The fraction of sp³-hybridized carbons (Fsp3) is 0.481. The van der Waals surface area contributed by atoms with Crippen molar-refractivity contribution in [1.82, 2.24) is 10.2 Å². The number of nitrogens with one attached hydrogen (secondary N) is 2. The van der Waals surface area contributed by atoms with Crippen LogP contribution in [0.2, 0.25) is 0 Å². The van der Waals surface area contributed by atoms with E-state index in [0.29, 0.717) is 30.8 Å². The summed E-state index contributed by atoms with van der Waals surface area (Å²) in [5, 5.41) is 16.2. The fourth-order valence-electron chi connectivity index (χ4n) is 4.77. The van der Waals surface area contributed by atoms with Gasteiger partial charge in [0.25, 0.3) is 0 Å². The van der Waals surface area contributed by atoms with E-state index in [1.807, 2.05) is 24.3 Å². The Kier molecular flexibility index (Phi) is 9.21. The molecule has 0 unspecified atom stereocenters. The molecule has 0 aromatic heterocycles. The van der Waals surface area contributed by atoms with Crippen molar-refractivity contribution in [2.75, 3.05) is 39.3 Å². The molecule has 2 saturated heterocycles. The second-order valence-electron chi connectivity index (χ2n) is 9.24. The highest BCUT2D eigenvalue weighted by Crippen LogP contribution is 2.28. The quantitative estimate of drug-likeness (QED) is 0.521. The second-order valence-corrected chi connectivity index (χ2v) is 9.24. The fourth-order valence-corrected chi connectivity index (χ4v) is 4.77. The van der Waals surface area contributed by atoms with Crippen LogP contribution in [0.5, 0.6) is 11.5 Å². The van der Waals surface area contributed by atoms with Crippen molar-refractivity contribution in [1.29, 1.82) is 0 Å². The van der Waals surface area contributed by atoms with Gasteiger partial charge in [0.15, 0.2) is 0 Å². The molecule has 37 heavy (non-hydrogen) atoms. The molecule has 3 amide bonds. The van der Waals surface area contributed by atoms with E-state index in [9.17, 15) is 14.7 Å². The van der Waals surface area contributed by atoms with Crippen LogP contribution in [0.4, 0.5) is 10.5 Å². The van der Waals surface area contributed by atoms with Crippen LogP contribution in [0.15, 0.2) is 48.5 Å².